The predicted molar refractivity (Wildman–Crippen MR) is 79.5 cm³/mol. The average molecular weight is 276 g/mol. The molecular weight excluding hydrogens is 252 g/mol. The Morgan fingerprint density at radius 2 is 1.90 bits per heavy atom. The molecule has 0 saturated heterocycles. The van der Waals surface area contributed by atoms with Crippen molar-refractivity contribution in [2.24, 2.45) is 0 Å². The van der Waals surface area contributed by atoms with Crippen molar-refractivity contribution in [1.29, 1.82) is 0 Å². The zero-order chi connectivity index (χ0) is 14.8. The van der Waals surface area contributed by atoms with Gasteiger partial charge in [0, 0.05) is 5.56 Å². The quantitative estimate of drug-likeness (QED) is 0.900. The molecule has 1 saturated carbocycles. The molecule has 0 spiro atoms. The summed E-state index contributed by atoms with van der Waals surface area (Å²) in [7, 11) is 1.62. The van der Waals surface area contributed by atoms with Crippen molar-refractivity contribution >= 4 is 5.97 Å². The van der Waals surface area contributed by atoms with Crippen molar-refractivity contribution in [3.63, 3.8) is 0 Å². The molecule has 3 heteroatoms. The summed E-state index contributed by atoms with van der Waals surface area (Å²) >= 11 is 0. The second-order valence-electron chi connectivity index (χ2n) is 6.06. The molecule has 0 unspecified atom stereocenters. The maximum atomic E-state index is 12.0. The molecule has 0 aliphatic heterocycles. The largest absolute Gasteiger partial charge is 0.496 e. The van der Waals surface area contributed by atoms with Crippen LogP contribution in [0.25, 0.3) is 0 Å². The van der Waals surface area contributed by atoms with E-state index in [0.717, 1.165) is 24.8 Å². The van der Waals surface area contributed by atoms with E-state index in [1.807, 2.05) is 18.2 Å². The highest BCUT2D eigenvalue weighted by atomic mass is 16.5. The summed E-state index contributed by atoms with van der Waals surface area (Å²) in [6.07, 6.45) is 4.49. The van der Waals surface area contributed by atoms with Crippen molar-refractivity contribution in [2.45, 2.75) is 57.3 Å². The Kier molecular flexibility index (Phi) is 4.36. The van der Waals surface area contributed by atoms with Crippen LogP contribution in [0.3, 0.4) is 0 Å². The lowest BCUT2D eigenvalue weighted by Crippen LogP contribution is -2.38. The summed E-state index contributed by atoms with van der Waals surface area (Å²) in [6, 6.07) is 6.00. The average Bonchev–Trinajstić information content (AvgIpc) is 2.47. The number of hydrogen-bond acceptors (Lipinski definition) is 2. The van der Waals surface area contributed by atoms with Crippen LogP contribution in [-0.4, -0.2) is 18.2 Å². The van der Waals surface area contributed by atoms with Crippen LogP contribution in [0.4, 0.5) is 0 Å². The molecule has 110 valence electrons. The van der Waals surface area contributed by atoms with Crippen molar-refractivity contribution in [2.75, 3.05) is 7.11 Å². The second kappa shape index (κ2) is 5.86. The zero-order valence-electron chi connectivity index (χ0n) is 12.6. The Morgan fingerprint density at radius 3 is 2.40 bits per heavy atom. The number of rotatable bonds is 4. The number of benzene rings is 1. The smallest absolute Gasteiger partial charge is 0.314 e. The zero-order valence-corrected chi connectivity index (χ0v) is 12.6. The van der Waals surface area contributed by atoms with E-state index in [-0.39, 0.29) is 0 Å². The number of carboxylic acids is 1. The van der Waals surface area contributed by atoms with E-state index in [4.69, 9.17) is 4.74 Å². The van der Waals surface area contributed by atoms with Gasteiger partial charge in [0.15, 0.2) is 0 Å². The number of carbonyl (C=O) groups is 1. The number of hydrogen-bond donors (Lipinski definition) is 1. The minimum absolute atomic E-state index is 0.383. The molecule has 1 aromatic rings. The highest BCUT2D eigenvalue weighted by Gasteiger charge is 2.43. The van der Waals surface area contributed by atoms with Crippen LogP contribution < -0.4 is 4.74 Å². The van der Waals surface area contributed by atoms with Crippen LogP contribution in [0.2, 0.25) is 0 Å². The Morgan fingerprint density at radius 1 is 1.25 bits per heavy atom. The van der Waals surface area contributed by atoms with E-state index in [1.54, 1.807) is 7.11 Å². The summed E-state index contributed by atoms with van der Waals surface area (Å²) in [4.78, 5) is 12.0. The van der Waals surface area contributed by atoms with E-state index >= 15 is 0 Å². The second-order valence-corrected chi connectivity index (χ2v) is 6.06. The van der Waals surface area contributed by atoms with Crippen molar-refractivity contribution in [1.82, 2.24) is 0 Å². The van der Waals surface area contributed by atoms with Gasteiger partial charge in [-0.25, -0.2) is 0 Å². The summed E-state index contributed by atoms with van der Waals surface area (Å²) in [5, 5.41) is 9.84. The van der Waals surface area contributed by atoms with Crippen LogP contribution in [0.15, 0.2) is 18.2 Å². The Labute approximate surface area is 121 Å². The van der Waals surface area contributed by atoms with Crippen LogP contribution >= 0.6 is 0 Å². The monoisotopic (exact) mass is 276 g/mol. The van der Waals surface area contributed by atoms with Gasteiger partial charge in [-0.05, 0) is 30.4 Å². The van der Waals surface area contributed by atoms with Crippen molar-refractivity contribution in [3.05, 3.63) is 29.3 Å². The Balaban J connectivity index is 2.56. The van der Waals surface area contributed by atoms with E-state index in [0.29, 0.717) is 24.5 Å². The highest BCUT2D eigenvalue weighted by Crippen LogP contribution is 2.44. The molecule has 0 radical (unpaired) electrons. The minimum atomic E-state index is -0.769. The van der Waals surface area contributed by atoms with E-state index in [9.17, 15) is 9.90 Å². The number of carboxylic acid groups (broad SMARTS) is 1. The molecule has 0 aromatic heterocycles. The standard InChI is InChI=1S/C17H24O3/c1-12(2)13-7-8-15(20-3)14(11-13)17(16(18)19)9-5-4-6-10-17/h7-8,11-12H,4-6,9-10H2,1-3H3,(H,18,19). The van der Waals surface area contributed by atoms with Gasteiger partial charge in [-0.2, -0.15) is 0 Å². The molecule has 1 fully saturated rings. The maximum Gasteiger partial charge on any atom is 0.314 e. The van der Waals surface area contributed by atoms with E-state index in [1.165, 1.54) is 5.56 Å². The number of aliphatic carboxylic acids is 1. The van der Waals surface area contributed by atoms with Gasteiger partial charge in [-0.15, -0.1) is 0 Å². The molecule has 0 heterocycles. The normalized spacial score (nSPS) is 18.0. The number of methoxy groups -OCH3 is 1. The third kappa shape index (κ3) is 2.54. The topological polar surface area (TPSA) is 46.5 Å². The first-order chi connectivity index (χ1) is 9.51. The maximum absolute atomic E-state index is 12.0. The molecule has 20 heavy (non-hydrogen) atoms. The van der Waals surface area contributed by atoms with Gasteiger partial charge in [-0.1, -0.05) is 45.2 Å². The third-order valence-electron chi connectivity index (χ3n) is 4.52. The summed E-state index contributed by atoms with van der Waals surface area (Å²) in [5.74, 6) is 0.379. The fourth-order valence-corrected chi connectivity index (χ4v) is 3.21. The van der Waals surface area contributed by atoms with Crippen LogP contribution in [0, 0.1) is 0 Å². The Hall–Kier alpha value is -1.51. The van der Waals surface area contributed by atoms with Crippen LogP contribution in [0.5, 0.6) is 5.75 Å². The van der Waals surface area contributed by atoms with Gasteiger partial charge in [-0.3, -0.25) is 4.79 Å². The van der Waals surface area contributed by atoms with Crippen LogP contribution in [0.1, 0.15) is 63.0 Å². The van der Waals surface area contributed by atoms with E-state index < -0.39 is 11.4 Å². The third-order valence-corrected chi connectivity index (χ3v) is 4.52. The summed E-state index contributed by atoms with van der Waals surface area (Å²) in [6.45, 7) is 4.25. The molecule has 3 nitrogen and oxygen atoms in total. The molecular formula is C17H24O3. The van der Waals surface area contributed by atoms with Gasteiger partial charge in [0.2, 0.25) is 0 Å². The minimum Gasteiger partial charge on any atom is -0.496 e. The molecule has 0 amide bonds. The lowest BCUT2D eigenvalue weighted by Gasteiger charge is -2.35. The Bertz CT molecular complexity index is 485. The van der Waals surface area contributed by atoms with Gasteiger partial charge >= 0.3 is 5.97 Å². The first kappa shape index (κ1) is 14.9. The SMILES string of the molecule is COc1ccc(C(C)C)cc1C1(C(=O)O)CCCCC1. The lowest BCUT2D eigenvalue weighted by atomic mass is 9.68. The lowest BCUT2D eigenvalue weighted by molar-refractivity contribution is -0.145. The van der Waals surface area contributed by atoms with Gasteiger partial charge in [0.05, 0.1) is 12.5 Å². The first-order valence-corrected chi connectivity index (χ1v) is 7.43. The summed E-state index contributed by atoms with van der Waals surface area (Å²) in [5.41, 5.74) is 1.26. The van der Waals surface area contributed by atoms with Crippen molar-refractivity contribution in [3.8, 4) is 5.75 Å². The fraction of sp³-hybridized carbons (Fsp3) is 0.588. The van der Waals surface area contributed by atoms with Gasteiger partial charge < -0.3 is 9.84 Å². The summed E-state index contributed by atoms with van der Waals surface area (Å²) < 4.78 is 5.45. The van der Waals surface area contributed by atoms with Crippen molar-refractivity contribution < 1.29 is 14.6 Å². The molecule has 1 N–H and O–H groups in total. The van der Waals surface area contributed by atoms with Crippen LogP contribution in [-0.2, 0) is 10.2 Å². The molecule has 0 atom stereocenters. The highest BCUT2D eigenvalue weighted by molar-refractivity contribution is 5.82. The predicted octanol–water partition coefficient (Wildman–Crippen LogP) is 4.11. The molecule has 1 aliphatic rings. The van der Waals surface area contributed by atoms with Gasteiger partial charge in [0.1, 0.15) is 5.75 Å². The first-order valence-electron chi connectivity index (χ1n) is 7.43. The van der Waals surface area contributed by atoms with Gasteiger partial charge in [0.25, 0.3) is 0 Å². The molecule has 1 aromatic carbocycles. The molecule has 1 aliphatic carbocycles. The fourth-order valence-electron chi connectivity index (χ4n) is 3.21. The molecule has 2 rings (SSSR count). The number of ether oxygens (including phenoxy) is 1. The van der Waals surface area contributed by atoms with E-state index in [2.05, 4.69) is 13.8 Å². The molecule has 0 bridgehead atoms.